The van der Waals surface area contributed by atoms with Gasteiger partial charge in [-0.05, 0) is 12.3 Å². The Hall–Kier alpha value is -0.410. The molecule has 1 aliphatic rings. The molecule has 14 heavy (non-hydrogen) atoms. The lowest BCUT2D eigenvalue weighted by Gasteiger charge is -2.21. The third kappa shape index (κ3) is 2.79. The molecule has 1 aliphatic heterocycles. The highest BCUT2D eigenvalue weighted by Crippen LogP contribution is 2.21. The Morgan fingerprint density at radius 3 is 2.86 bits per heavy atom. The highest BCUT2D eigenvalue weighted by Gasteiger charge is 2.37. The Bertz CT molecular complexity index is 197. The van der Waals surface area contributed by atoms with E-state index >= 15 is 0 Å². The van der Waals surface area contributed by atoms with E-state index in [1.54, 1.807) is 0 Å². The summed E-state index contributed by atoms with van der Waals surface area (Å²) in [5, 5.41) is 0. The average molecular weight is 199 g/mol. The van der Waals surface area contributed by atoms with Gasteiger partial charge in [0.15, 0.2) is 5.78 Å². The van der Waals surface area contributed by atoms with Crippen LogP contribution in [0.25, 0.3) is 0 Å². The fraction of sp³-hybridized carbons (Fsp3) is 0.909. The van der Waals surface area contributed by atoms with E-state index in [1.165, 1.54) is 0 Å². The molecule has 0 aliphatic carbocycles. The maximum absolute atomic E-state index is 11.8. The molecule has 1 fully saturated rings. The van der Waals surface area contributed by atoms with Crippen molar-refractivity contribution in [1.82, 2.24) is 0 Å². The van der Waals surface area contributed by atoms with Crippen molar-refractivity contribution in [3.05, 3.63) is 0 Å². The molecule has 1 heterocycles. The van der Waals surface area contributed by atoms with Crippen LogP contribution in [-0.2, 0) is 9.53 Å². The van der Waals surface area contributed by atoms with E-state index in [0.717, 1.165) is 12.8 Å². The van der Waals surface area contributed by atoms with E-state index < -0.39 is 5.54 Å². The summed E-state index contributed by atoms with van der Waals surface area (Å²) < 4.78 is 5.18. The number of rotatable bonds is 5. The zero-order chi connectivity index (χ0) is 10.6. The van der Waals surface area contributed by atoms with Gasteiger partial charge in [0.1, 0.15) is 5.54 Å². The molecule has 3 heteroatoms. The summed E-state index contributed by atoms with van der Waals surface area (Å²) in [5.74, 6) is 0.629. The molecule has 0 aromatic heterocycles. The summed E-state index contributed by atoms with van der Waals surface area (Å²) in [7, 11) is 0. The molecule has 0 aromatic carbocycles. The number of nitrogens with two attached hydrogens (primary N) is 1. The topological polar surface area (TPSA) is 52.3 Å². The Morgan fingerprint density at radius 1 is 1.64 bits per heavy atom. The number of hydrogen-bond acceptors (Lipinski definition) is 3. The number of ketones is 1. The van der Waals surface area contributed by atoms with E-state index in [2.05, 4.69) is 13.8 Å². The van der Waals surface area contributed by atoms with Gasteiger partial charge in [-0.3, -0.25) is 4.79 Å². The first kappa shape index (κ1) is 11.7. The van der Waals surface area contributed by atoms with E-state index in [1.807, 2.05) is 0 Å². The van der Waals surface area contributed by atoms with Crippen molar-refractivity contribution in [1.29, 1.82) is 0 Å². The van der Waals surface area contributed by atoms with Gasteiger partial charge < -0.3 is 10.5 Å². The number of Topliss-reactive ketones (excluding diaryl/α,β-unsaturated/α-hetero) is 1. The van der Waals surface area contributed by atoms with Crippen molar-refractivity contribution in [3.63, 3.8) is 0 Å². The molecular weight excluding hydrogens is 178 g/mol. The molecule has 0 saturated carbocycles. The largest absolute Gasteiger partial charge is 0.379 e. The Kier molecular flexibility index (Phi) is 4.08. The molecule has 0 radical (unpaired) electrons. The van der Waals surface area contributed by atoms with Crippen molar-refractivity contribution >= 4 is 5.78 Å². The zero-order valence-corrected chi connectivity index (χ0v) is 9.21. The first-order valence-electron chi connectivity index (χ1n) is 5.48. The number of ether oxygens (including phenoxy) is 1. The normalized spacial score (nSPS) is 29.1. The van der Waals surface area contributed by atoms with Crippen LogP contribution < -0.4 is 5.73 Å². The molecule has 2 unspecified atom stereocenters. The van der Waals surface area contributed by atoms with Crippen LogP contribution >= 0.6 is 0 Å². The second kappa shape index (κ2) is 4.89. The molecule has 3 nitrogen and oxygen atoms in total. The number of carbonyl (C=O) groups excluding carboxylic acids is 1. The quantitative estimate of drug-likeness (QED) is 0.730. The molecule has 0 bridgehead atoms. The molecule has 1 saturated heterocycles. The van der Waals surface area contributed by atoms with Crippen molar-refractivity contribution in [2.75, 3.05) is 13.2 Å². The van der Waals surface area contributed by atoms with Crippen LogP contribution in [0, 0.1) is 5.92 Å². The zero-order valence-electron chi connectivity index (χ0n) is 9.21. The van der Waals surface area contributed by atoms with Crippen LogP contribution in [0.15, 0.2) is 0 Å². The summed E-state index contributed by atoms with van der Waals surface area (Å²) in [4.78, 5) is 11.8. The molecule has 82 valence electrons. The minimum absolute atomic E-state index is 0.177. The highest BCUT2D eigenvalue weighted by atomic mass is 16.5. The highest BCUT2D eigenvalue weighted by molar-refractivity contribution is 5.88. The smallest absolute Gasteiger partial charge is 0.155 e. The van der Waals surface area contributed by atoms with Crippen molar-refractivity contribution in [3.8, 4) is 0 Å². The monoisotopic (exact) mass is 199 g/mol. The summed E-state index contributed by atoms with van der Waals surface area (Å²) >= 11 is 0. The van der Waals surface area contributed by atoms with Crippen LogP contribution in [0.1, 0.15) is 39.5 Å². The Labute approximate surface area is 86.0 Å². The molecule has 2 N–H and O–H groups in total. The predicted molar refractivity (Wildman–Crippen MR) is 56.1 cm³/mol. The van der Waals surface area contributed by atoms with Gasteiger partial charge in [0.25, 0.3) is 0 Å². The fourth-order valence-corrected chi connectivity index (χ4v) is 1.92. The van der Waals surface area contributed by atoms with Gasteiger partial charge in [-0.25, -0.2) is 0 Å². The van der Waals surface area contributed by atoms with Crippen molar-refractivity contribution in [2.45, 2.75) is 45.1 Å². The number of carbonyl (C=O) groups is 1. The number of hydrogen-bond donors (Lipinski definition) is 1. The lowest BCUT2D eigenvalue weighted by Crippen LogP contribution is -2.49. The van der Waals surface area contributed by atoms with E-state index in [-0.39, 0.29) is 5.78 Å². The second-order valence-corrected chi connectivity index (χ2v) is 4.48. The van der Waals surface area contributed by atoms with Crippen LogP contribution in [-0.4, -0.2) is 24.5 Å². The lowest BCUT2D eigenvalue weighted by atomic mass is 9.87. The van der Waals surface area contributed by atoms with E-state index in [0.29, 0.717) is 32.0 Å². The minimum Gasteiger partial charge on any atom is -0.379 e. The fourth-order valence-electron chi connectivity index (χ4n) is 1.92. The maximum atomic E-state index is 11.8. The van der Waals surface area contributed by atoms with Crippen LogP contribution in [0.3, 0.4) is 0 Å². The van der Waals surface area contributed by atoms with Crippen molar-refractivity contribution < 1.29 is 9.53 Å². The first-order valence-corrected chi connectivity index (χ1v) is 5.48. The average Bonchev–Trinajstić information content (AvgIpc) is 2.54. The SMILES string of the molecule is CCCC(C)CC(=O)C1(N)CCOC1. The minimum atomic E-state index is -0.679. The van der Waals surface area contributed by atoms with Gasteiger partial charge in [0.05, 0.1) is 6.61 Å². The lowest BCUT2D eigenvalue weighted by molar-refractivity contribution is -0.125. The van der Waals surface area contributed by atoms with Crippen LogP contribution in [0.5, 0.6) is 0 Å². The molecule has 0 amide bonds. The van der Waals surface area contributed by atoms with Gasteiger partial charge in [-0.15, -0.1) is 0 Å². The predicted octanol–water partition coefficient (Wildman–Crippen LogP) is 1.50. The molecule has 2 atom stereocenters. The van der Waals surface area contributed by atoms with Gasteiger partial charge in [0, 0.05) is 13.0 Å². The maximum Gasteiger partial charge on any atom is 0.155 e. The third-order valence-electron chi connectivity index (χ3n) is 2.92. The van der Waals surface area contributed by atoms with E-state index in [9.17, 15) is 4.79 Å². The Balaban J connectivity index is 2.40. The standard InChI is InChI=1S/C11H21NO2/c1-3-4-9(2)7-10(13)11(12)5-6-14-8-11/h9H,3-8,12H2,1-2H3. The summed E-state index contributed by atoms with van der Waals surface area (Å²) in [6, 6.07) is 0. The van der Waals surface area contributed by atoms with E-state index in [4.69, 9.17) is 10.5 Å². The van der Waals surface area contributed by atoms with Crippen molar-refractivity contribution in [2.24, 2.45) is 11.7 Å². The summed E-state index contributed by atoms with van der Waals surface area (Å²) in [6.07, 6.45) is 3.52. The van der Waals surface area contributed by atoms with Crippen LogP contribution in [0.2, 0.25) is 0 Å². The Morgan fingerprint density at radius 2 is 2.36 bits per heavy atom. The summed E-state index contributed by atoms with van der Waals surface area (Å²) in [6.45, 7) is 5.29. The van der Waals surface area contributed by atoms with Gasteiger partial charge in [-0.1, -0.05) is 26.7 Å². The summed E-state index contributed by atoms with van der Waals surface area (Å²) in [5.41, 5.74) is 5.29. The van der Waals surface area contributed by atoms with Gasteiger partial charge in [0.2, 0.25) is 0 Å². The van der Waals surface area contributed by atoms with Crippen LogP contribution in [0.4, 0.5) is 0 Å². The second-order valence-electron chi connectivity index (χ2n) is 4.48. The third-order valence-corrected chi connectivity index (χ3v) is 2.92. The van der Waals surface area contributed by atoms with Gasteiger partial charge in [-0.2, -0.15) is 0 Å². The molecule has 0 spiro atoms. The molecular formula is C11H21NO2. The van der Waals surface area contributed by atoms with Gasteiger partial charge >= 0.3 is 0 Å². The first-order chi connectivity index (χ1) is 6.58. The molecule has 1 rings (SSSR count). The molecule has 0 aromatic rings.